The molecule has 0 saturated heterocycles. The summed E-state index contributed by atoms with van der Waals surface area (Å²) in [4.78, 5) is 3.84. The van der Waals surface area contributed by atoms with Gasteiger partial charge in [0.25, 0.3) is 0 Å². The molecule has 1 aromatic heterocycles. The first-order chi connectivity index (χ1) is 7.17. The van der Waals surface area contributed by atoms with Gasteiger partial charge in [-0.05, 0) is 6.92 Å². The topological polar surface area (TPSA) is 84.0 Å². The molecular formula is C10H14N4O. The second kappa shape index (κ2) is 5.17. The van der Waals surface area contributed by atoms with Gasteiger partial charge in [-0.2, -0.15) is 5.26 Å². The Balaban J connectivity index is 2.75. The number of aromatic nitrogens is 1. The monoisotopic (exact) mass is 206 g/mol. The number of hydrogen-bond acceptors (Lipinski definition) is 5. The first-order valence-corrected chi connectivity index (χ1v) is 4.59. The maximum absolute atomic E-state index is 8.83. The number of nitrogens with zero attached hydrogens (tertiary/aromatic N) is 2. The van der Waals surface area contributed by atoms with E-state index in [1.54, 1.807) is 13.2 Å². The predicted octanol–water partition coefficient (Wildman–Crippen LogP) is 0.982. The van der Waals surface area contributed by atoms with Crippen molar-refractivity contribution in [1.82, 2.24) is 4.98 Å². The second-order valence-electron chi connectivity index (χ2n) is 3.19. The summed E-state index contributed by atoms with van der Waals surface area (Å²) in [6.07, 6.45) is 1.53. The molecule has 0 spiro atoms. The molecule has 0 amide bonds. The fraction of sp³-hybridized carbons (Fsp3) is 0.400. The summed E-state index contributed by atoms with van der Waals surface area (Å²) in [6, 6.07) is 3.68. The van der Waals surface area contributed by atoms with Crippen molar-refractivity contribution in [3.05, 3.63) is 17.8 Å². The molecule has 1 heterocycles. The molecule has 5 nitrogen and oxygen atoms in total. The van der Waals surface area contributed by atoms with Crippen LogP contribution in [-0.4, -0.2) is 24.7 Å². The molecule has 0 bridgehead atoms. The van der Waals surface area contributed by atoms with Crippen molar-refractivity contribution in [2.75, 3.05) is 24.7 Å². The minimum absolute atomic E-state index is 0.0749. The number of anilines is 2. The number of nitriles is 1. The van der Waals surface area contributed by atoms with Gasteiger partial charge < -0.3 is 15.8 Å². The average molecular weight is 206 g/mol. The summed E-state index contributed by atoms with van der Waals surface area (Å²) < 4.78 is 5.08. The highest BCUT2D eigenvalue weighted by Crippen LogP contribution is 2.15. The summed E-state index contributed by atoms with van der Waals surface area (Å²) in [6.45, 7) is 2.55. The molecule has 0 fully saturated rings. The zero-order valence-corrected chi connectivity index (χ0v) is 8.82. The quantitative estimate of drug-likeness (QED) is 0.767. The Morgan fingerprint density at radius 1 is 1.73 bits per heavy atom. The summed E-state index contributed by atoms with van der Waals surface area (Å²) in [7, 11) is 1.64. The number of pyridine rings is 1. The van der Waals surface area contributed by atoms with Gasteiger partial charge in [-0.1, -0.05) is 0 Å². The van der Waals surface area contributed by atoms with Crippen molar-refractivity contribution in [1.29, 1.82) is 5.26 Å². The fourth-order valence-electron chi connectivity index (χ4n) is 1.04. The van der Waals surface area contributed by atoms with Crippen molar-refractivity contribution >= 4 is 11.5 Å². The van der Waals surface area contributed by atoms with E-state index in [0.717, 1.165) is 0 Å². The Morgan fingerprint density at radius 2 is 2.47 bits per heavy atom. The minimum Gasteiger partial charge on any atom is -0.384 e. The Bertz CT molecular complexity index is 372. The van der Waals surface area contributed by atoms with Crippen LogP contribution in [0.25, 0.3) is 0 Å². The number of ether oxygens (including phenoxy) is 1. The molecule has 0 aliphatic rings. The van der Waals surface area contributed by atoms with Gasteiger partial charge in [-0.25, -0.2) is 4.98 Å². The molecule has 0 aliphatic heterocycles. The van der Waals surface area contributed by atoms with Crippen LogP contribution in [0, 0.1) is 11.3 Å². The Hall–Kier alpha value is -1.80. The maximum atomic E-state index is 8.83. The highest BCUT2D eigenvalue weighted by molar-refractivity contribution is 5.60. The Labute approximate surface area is 88.9 Å². The lowest BCUT2D eigenvalue weighted by Gasteiger charge is -2.12. The van der Waals surface area contributed by atoms with E-state index in [0.29, 0.717) is 23.6 Å². The molecule has 0 aliphatic carbocycles. The van der Waals surface area contributed by atoms with E-state index in [-0.39, 0.29) is 6.10 Å². The first kappa shape index (κ1) is 11.3. The summed E-state index contributed by atoms with van der Waals surface area (Å²) in [5.74, 6) is 0.390. The zero-order chi connectivity index (χ0) is 11.3. The van der Waals surface area contributed by atoms with Gasteiger partial charge in [0.05, 0.1) is 17.4 Å². The van der Waals surface area contributed by atoms with E-state index in [2.05, 4.69) is 10.3 Å². The standard InChI is InChI=1S/C10H14N4O/c1-7(15-2)5-13-9-3-10(12)14-6-8(9)4-11/h3,6-7H,5H2,1-2H3,(H3,12,13,14)/t7-/m1/s1. The van der Waals surface area contributed by atoms with Gasteiger partial charge in [0.2, 0.25) is 0 Å². The molecule has 5 heteroatoms. The van der Waals surface area contributed by atoms with E-state index >= 15 is 0 Å². The molecule has 1 aromatic rings. The molecule has 15 heavy (non-hydrogen) atoms. The molecule has 0 saturated carbocycles. The van der Waals surface area contributed by atoms with Crippen LogP contribution in [0.4, 0.5) is 11.5 Å². The molecule has 1 rings (SSSR count). The van der Waals surface area contributed by atoms with Crippen LogP contribution in [0.2, 0.25) is 0 Å². The van der Waals surface area contributed by atoms with Gasteiger partial charge in [0, 0.05) is 25.9 Å². The highest BCUT2D eigenvalue weighted by Gasteiger charge is 2.05. The van der Waals surface area contributed by atoms with Crippen molar-refractivity contribution in [2.24, 2.45) is 0 Å². The second-order valence-corrected chi connectivity index (χ2v) is 3.19. The number of nitrogen functional groups attached to an aromatic ring is 1. The van der Waals surface area contributed by atoms with Gasteiger partial charge in [0.15, 0.2) is 0 Å². The lowest BCUT2D eigenvalue weighted by molar-refractivity contribution is 0.129. The van der Waals surface area contributed by atoms with E-state index in [1.165, 1.54) is 6.20 Å². The minimum atomic E-state index is 0.0749. The van der Waals surface area contributed by atoms with Crippen LogP contribution in [0.5, 0.6) is 0 Å². The van der Waals surface area contributed by atoms with Gasteiger partial charge in [-0.3, -0.25) is 0 Å². The van der Waals surface area contributed by atoms with Crippen LogP contribution < -0.4 is 11.1 Å². The van der Waals surface area contributed by atoms with Crippen LogP contribution in [0.1, 0.15) is 12.5 Å². The highest BCUT2D eigenvalue weighted by atomic mass is 16.5. The Kier molecular flexibility index (Phi) is 3.89. The molecule has 80 valence electrons. The number of methoxy groups -OCH3 is 1. The smallest absolute Gasteiger partial charge is 0.125 e. The predicted molar refractivity (Wildman–Crippen MR) is 58.3 cm³/mol. The maximum Gasteiger partial charge on any atom is 0.125 e. The third-order valence-electron chi connectivity index (χ3n) is 2.03. The summed E-state index contributed by atoms with van der Waals surface area (Å²) in [5, 5.41) is 11.9. The van der Waals surface area contributed by atoms with Gasteiger partial charge in [0.1, 0.15) is 11.9 Å². The largest absolute Gasteiger partial charge is 0.384 e. The van der Waals surface area contributed by atoms with Crippen LogP contribution in [0.3, 0.4) is 0 Å². The van der Waals surface area contributed by atoms with Crippen LogP contribution >= 0.6 is 0 Å². The van der Waals surface area contributed by atoms with Crippen LogP contribution in [-0.2, 0) is 4.74 Å². The van der Waals surface area contributed by atoms with Crippen molar-refractivity contribution in [3.63, 3.8) is 0 Å². The van der Waals surface area contributed by atoms with E-state index in [4.69, 9.17) is 15.7 Å². The van der Waals surface area contributed by atoms with E-state index in [1.807, 2.05) is 13.0 Å². The van der Waals surface area contributed by atoms with Crippen molar-refractivity contribution < 1.29 is 4.74 Å². The van der Waals surface area contributed by atoms with Crippen molar-refractivity contribution in [2.45, 2.75) is 13.0 Å². The lowest BCUT2D eigenvalue weighted by Crippen LogP contribution is -2.18. The number of hydrogen-bond donors (Lipinski definition) is 2. The molecule has 3 N–H and O–H groups in total. The number of nitrogens with one attached hydrogen (secondary N) is 1. The van der Waals surface area contributed by atoms with Gasteiger partial charge in [-0.15, -0.1) is 0 Å². The van der Waals surface area contributed by atoms with Crippen molar-refractivity contribution in [3.8, 4) is 6.07 Å². The SMILES string of the molecule is CO[C@H](C)CNc1cc(N)ncc1C#N. The normalized spacial score (nSPS) is 11.8. The first-order valence-electron chi connectivity index (χ1n) is 4.59. The number of nitrogens with two attached hydrogens (primary N) is 1. The zero-order valence-electron chi connectivity index (χ0n) is 8.82. The third kappa shape index (κ3) is 3.11. The molecule has 0 radical (unpaired) electrons. The molecule has 1 atom stereocenters. The van der Waals surface area contributed by atoms with Crippen LogP contribution in [0.15, 0.2) is 12.3 Å². The number of rotatable bonds is 4. The molecule has 0 aromatic carbocycles. The molecule has 0 unspecified atom stereocenters. The fourth-order valence-corrected chi connectivity index (χ4v) is 1.04. The summed E-state index contributed by atoms with van der Waals surface area (Å²) >= 11 is 0. The molecular weight excluding hydrogens is 192 g/mol. The third-order valence-corrected chi connectivity index (χ3v) is 2.03. The van der Waals surface area contributed by atoms with Gasteiger partial charge >= 0.3 is 0 Å². The van der Waals surface area contributed by atoms with E-state index < -0.39 is 0 Å². The Morgan fingerprint density at radius 3 is 3.07 bits per heavy atom. The van der Waals surface area contributed by atoms with E-state index in [9.17, 15) is 0 Å². The lowest BCUT2D eigenvalue weighted by atomic mass is 10.2. The summed E-state index contributed by atoms with van der Waals surface area (Å²) in [5.41, 5.74) is 6.70. The average Bonchev–Trinajstić information content (AvgIpc) is 2.26.